The molecule has 84 valence electrons. The lowest BCUT2D eigenvalue weighted by Crippen LogP contribution is -2.38. The van der Waals surface area contributed by atoms with Gasteiger partial charge in [0.25, 0.3) is 0 Å². The van der Waals surface area contributed by atoms with E-state index < -0.39 is 0 Å². The van der Waals surface area contributed by atoms with Gasteiger partial charge >= 0.3 is 0 Å². The van der Waals surface area contributed by atoms with Crippen molar-refractivity contribution >= 4 is 5.91 Å². The molecule has 0 radical (unpaired) electrons. The van der Waals surface area contributed by atoms with Crippen LogP contribution < -0.4 is 0 Å². The number of carbonyl (C=O) groups excluding carboxylic acids is 1. The Bertz CT molecular complexity index is 299. The van der Waals surface area contributed by atoms with Gasteiger partial charge in [-0.05, 0) is 24.2 Å². The third kappa shape index (κ3) is 1.34. The molecule has 0 N–H and O–H groups in total. The summed E-state index contributed by atoms with van der Waals surface area (Å²) in [5, 5.41) is 0. The Hall–Kier alpha value is -0.790. The van der Waals surface area contributed by atoms with E-state index in [1.807, 2.05) is 6.08 Å². The Morgan fingerprint density at radius 1 is 1.67 bits per heavy atom. The fourth-order valence-electron chi connectivity index (χ4n) is 3.27. The predicted molar refractivity (Wildman–Crippen MR) is 61.4 cm³/mol. The Morgan fingerprint density at radius 3 is 2.87 bits per heavy atom. The Morgan fingerprint density at radius 2 is 2.33 bits per heavy atom. The molecule has 15 heavy (non-hydrogen) atoms. The van der Waals surface area contributed by atoms with Crippen LogP contribution in [0.25, 0.3) is 0 Å². The van der Waals surface area contributed by atoms with Crippen molar-refractivity contribution in [1.82, 2.24) is 4.90 Å². The number of piperidine rings is 1. The van der Waals surface area contributed by atoms with Gasteiger partial charge in [0.15, 0.2) is 0 Å². The highest BCUT2D eigenvalue weighted by Gasteiger charge is 2.67. The molecule has 1 aliphatic heterocycles. The molecule has 2 nitrogen and oxygen atoms in total. The van der Waals surface area contributed by atoms with E-state index in [-0.39, 0.29) is 6.04 Å². The highest BCUT2D eigenvalue weighted by Crippen LogP contribution is 2.64. The summed E-state index contributed by atoms with van der Waals surface area (Å²) >= 11 is 0. The van der Waals surface area contributed by atoms with Gasteiger partial charge in [-0.1, -0.05) is 26.8 Å². The van der Waals surface area contributed by atoms with E-state index in [1.54, 1.807) is 0 Å². The maximum atomic E-state index is 12.0. The maximum absolute atomic E-state index is 12.0. The van der Waals surface area contributed by atoms with Gasteiger partial charge in [0, 0.05) is 12.5 Å². The molecule has 1 saturated heterocycles. The lowest BCUT2D eigenvalue weighted by Gasteiger charge is -2.26. The molecule has 2 aliphatic rings. The van der Waals surface area contributed by atoms with E-state index in [0.717, 1.165) is 12.8 Å². The van der Waals surface area contributed by atoms with Crippen LogP contribution in [0.15, 0.2) is 12.7 Å². The van der Waals surface area contributed by atoms with Crippen LogP contribution in [0, 0.1) is 11.3 Å². The number of rotatable bonds is 3. The molecule has 4 unspecified atom stereocenters. The first-order valence-electron chi connectivity index (χ1n) is 6.00. The van der Waals surface area contributed by atoms with Gasteiger partial charge in [-0.15, -0.1) is 6.58 Å². The monoisotopic (exact) mass is 207 g/mol. The standard InChI is InChI=1S/C13H21NO/c1-5-7-11(15)14-10(6-2)8-13(4)9(3)12(13)14/h6,9-10,12H,2,5,7-8H2,1,3-4H3. The summed E-state index contributed by atoms with van der Waals surface area (Å²) in [5.41, 5.74) is 0.377. The van der Waals surface area contributed by atoms with E-state index >= 15 is 0 Å². The fraction of sp³-hybridized carbons (Fsp3) is 0.769. The van der Waals surface area contributed by atoms with Crippen LogP contribution >= 0.6 is 0 Å². The molecule has 0 spiro atoms. The second kappa shape index (κ2) is 3.36. The van der Waals surface area contributed by atoms with Gasteiger partial charge in [-0.3, -0.25) is 4.79 Å². The van der Waals surface area contributed by atoms with Crippen LogP contribution in [0.4, 0.5) is 0 Å². The number of nitrogens with zero attached hydrogens (tertiary/aromatic N) is 1. The number of amides is 1. The second-order valence-electron chi connectivity index (χ2n) is 5.30. The van der Waals surface area contributed by atoms with Gasteiger partial charge in [0.05, 0.1) is 6.04 Å². The third-order valence-electron chi connectivity index (χ3n) is 4.41. The number of hydrogen-bond acceptors (Lipinski definition) is 1. The molecule has 2 heteroatoms. The lowest BCUT2D eigenvalue weighted by molar-refractivity contribution is -0.132. The van der Waals surface area contributed by atoms with Gasteiger partial charge < -0.3 is 4.90 Å². The topological polar surface area (TPSA) is 20.3 Å². The lowest BCUT2D eigenvalue weighted by atomic mass is 9.99. The fourth-order valence-corrected chi connectivity index (χ4v) is 3.27. The average molecular weight is 207 g/mol. The Labute approximate surface area is 92.3 Å². The first kappa shape index (κ1) is 10.7. The quantitative estimate of drug-likeness (QED) is 0.651. The minimum absolute atomic E-state index is 0.287. The summed E-state index contributed by atoms with van der Waals surface area (Å²) in [6.07, 6.45) is 4.68. The first-order valence-corrected chi connectivity index (χ1v) is 6.00. The third-order valence-corrected chi connectivity index (χ3v) is 4.41. The van der Waals surface area contributed by atoms with Crippen molar-refractivity contribution in [3.63, 3.8) is 0 Å². The molecule has 1 aliphatic carbocycles. The van der Waals surface area contributed by atoms with Crippen molar-refractivity contribution in [3.8, 4) is 0 Å². The second-order valence-corrected chi connectivity index (χ2v) is 5.30. The number of carbonyl (C=O) groups is 1. The molecule has 1 heterocycles. The summed E-state index contributed by atoms with van der Waals surface area (Å²) in [7, 11) is 0. The molecule has 0 aromatic rings. The van der Waals surface area contributed by atoms with Crippen molar-refractivity contribution < 1.29 is 4.79 Å². The van der Waals surface area contributed by atoms with Crippen LogP contribution in [-0.4, -0.2) is 22.9 Å². The predicted octanol–water partition coefficient (Wildman–Crippen LogP) is 2.60. The minimum Gasteiger partial charge on any atom is -0.332 e. The van der Waals surface area contributed by atoms with Gasteiger partial charge in [0.2, 0.25) is 5.91 Å². The number of hydrogen-bond donors (Lipinski definition) is 0. The zero-order chi connectivity index (χ0) is 11.2. The SMILES string of the molecule is C=CC1CC2(C)C(C)C2N1C(=O)CCC. The number of likely N-dealkylation sites (tertiary alicyclic amines) is 1. The van der Waals surface area contributed by atoms with Crippen molar-refractivity contribution in [3.05, 3.63) is 12.7 Å². The van der Waals surface area contributed by atoms with Crippen LogP contribution in [0.1, 0.15) is 40.0 Å². The zero-order valence-electron chi connectivity index (χ0n) is 9.99. The molecule has 2 fully saturated rings. The molecular formula is C13H21NO. The van der Waals surface area contributed by atoms with E-state index in [9.17, 15) is 4.79 Å². The van der Waals surface area contributed by atoms with Crippen molar-refractivity contribution in [2.75, 3.05) is 0 Å². The molecule has 4 atom stereocenters. The van der Waals surface area contributed by atoms with Crippen molar-refractivity contribution in [2.45, 2.75) is 52.1 Å². The maximum Gasteiger partial charge on any atom is 0.223 e. The summed E-state index contributed by atoms with van der Waals surface area (Å²) in [4.78, 5) is 14.1. The van der Waals surface area contributed by atoms with E-state index in [2.05, 4.69) is 32.3 Å². The van der Waals surface area contributed by atoms with Crippen LogP contribution in [0.2, 0.25) is 0 Å². The molecular weight excluding hydrogens is 186 g/mol. The van der Waals surface area contributed by atoms with Gasteiger partial charge in [-0.25, -0.2) is 0 Å². The largest absolute Gasteiger partial charge is 0.332 e. The highest BCUT2D eigenvalue weighted by molar-refractivity contribution is 5.78. The van der Waals surface area contributed by atoms with Gasteiger partial charge in [0.1, 0.15) is 0 Å². The van der Waals surface area contributed by atoms with E-state index in [1.165, 1.54) is 0 Å². The Kier molecular flexibility index (Phi) is 2.40. The average Bonchev–Trinajstić information content (AvgIpc) is 2.60. The zero-order valence-corrected chi connectivity index (χ0v) is 9.99. The van der Waals surface area contributed by atoms with Crippen LogP contribution in [0.3, 0.4) is 0 Å². The molecule has 1 amide bonds. The van der Waals surface area contributed by atoms with Crippen molar-refractivity contribution in [1.29, 1.82) is 0 Å². The Balaban J connectivity index is 2.15. The summed E-state index contributed by atoms with van der Waals surface area (Å²) in [5.74, 6) is 0.995. The van der Waals surface area contributed by atoms with Crippen LogP contribution in [-0.2, 0) is 4.79 Å². The molecule has 0 aromatic heterocycles. The minimum atomic E-state index is 0.287. The molecule has 0 bridgehead atoms. The molecule has 2 rings (SSSR count). The smallest absolute Gasteiger partial charge is 0.223 e. The van der Waals surface area contributed by atoms with Gasteiger partial charge in [-0.2, -0.15) is 0 Å². The summed E-state index contributed by atoms with van der Waals surface area (Å²) in [6, 6.07) is 0.773. The van der Waals surface area contributed by atoms with E-state index in [0.29, 0.717) is 29.7 Å². The molecule has 1 saturated carbocycles. The van der Waals surface area contributed by atoms with Crippen LogP contribution in [0.5, 0.6) is 0 Å². The van der Waals surface area contributed by atoms with E-state index in [4.69, 9.17) is 0 Å². The summed E-state index contributed by atoms with van der Waals surface area (Å²) < 4.78 is 0. The van der Waals surface area contributed by atoms with Crippen molar-refractivity contribution in [2.24, 2.45) is 11.3 Å². The first-order chi connectivity index (χ1) is 7.06. The highest BCUT2D eigenvalue weighted by atomic mass is 16.2. The number of fused-ring (bicyclic) bond motifs is 1. The normalized spacial score (nSPS) is 42.6. The molecule has 0 aromatic carbocycles. The summed E-state index contributed by atoms with van der Waals surface area (Å²) in [6.45, 7) is 10.5.